The van der Waals surface area contributed by atoms with E-state index in [1.54, 1.807) is 7.11 Å². The van der Waals surface area contributed by atoms with E-state index >= 15 is 0 Å². The predicted octanol–water partition coefficient (Wildman–Crippen LogP) is 5.83. The zero-order valence-corrected chi connectivity index (χ0v) is 14.8. The molecule has 0 aliphatic carbocycles. The van der Waals surface area contributed by atoms with Crippen molar-refractivity contribution in [3.05, 3.63) is 78.4 Å². The van der Waals surface area contributed by atoms with Crippen molar-refractivity contribution < 1.29 is 4.74 Å². The van der Waals surface area contributed by atoms with Gasteiger partial charge in [0.15, 0.2) is 0 Å². The third-order valence-corrected chi connectivity index (χ3v) is 4.92. The number of rotatable bonds is 3. The largest absolute Gasteiger partial charge is 0.497 e. The smallest absolute Gasteiger partial charge is 0.118 e. The van der Waals surface area contributed by atoms with Crippen molar-refractivity contribution in [2.75, 3.05) is 7.11 Å². The quantitative estimate of drug-likeness (QED) is 0.462. The molecule has 124 valence electrons. The molecule has 1 aromatic heterocycles. The molecular weight excluding hydrogens is 306 g/mol. The fourth-order valence-electron chi connectivity index (χ4n) is 3.72. The van der Waals surface area contributed by atoms with Gasteiger partial charge in [-0.2, -0.15) is 0 Å². The summed E-state index contributed by atoms with van der Waals surface area (Å²) in [7, 11) is 3.85. The maximum absolute atomic E-state index is 5.29. The van der Waals surface area contributed by atoms with Gasteiger partial charge in [0.05, 0.1) is 12.8 Å². The number of benzene rings is 3. The van der Waals surface area contributed by atoms with Gasteiger partial charge in [0.25, 0.3) is 0 Å². The summed E-state index contributed by atoms with van der Waals surface area (Å²) in [6, 6.07) is 25.4. The number of fused-ring (bicyclic) bond motifs is 1. The van der Waals surface area contributed by atoms with E-state index in [0.717, 1.165) is 5.75 Å². The van der Waals surface area contributed by atoms with Crippen LogP contribution in [0, 0.1) is 6.92 Å². The van der Waals surface area contributed by atoms with E-state index < -0.39 is 0 Å². The van der Waals surface area contributed by atoms with Gasteiger partial charge in [0.1, 0.15) is 5.75 Å². The lowest BCUT2D eigenvalue weighted by Crippen LogP contribution is -1.91. The predicted molar refractivity (Wildman–Crippen MR) is 105 cm³/mol. The second kappa shape index (κ2) is 6.14. The number of aryl methyl sites for hydroxylation is 2. The summed E-state index contributed by atoms with van der Waals surface area (Å²) in [4.78, 5) is 0. The number of hydrogen-bond donors (Lipinski definition) is 0. The highest BCUT2D eigenvalue weighted by Gasteiger charge is 2.16. The topological polar surface area (TPSA) is 14.2 Å². The summed E-state index contributed by atoms with van der Waals surface area (Å²) in [5, 5.41) is 1.31. The Morgan fingerprint density at radius 2 is 1.48 bits per heavy atom. The van der Waals surface area contributed by atoms with E-state index in [0.29, 0.717) is 0 Å². The highest BCUT2D eigenvalue weighted by molar-refractivity contribution is 6.02. The van der Waals surface area contributed by atoms with Crippen molar-refractivity contribution >= 4 is 10.9 Å². The molecule has 0 unspecified atom stereocenters. The maximum Gasteiger partial charge on any atom is 0.118 e. The van der Waals surface area contributed by atoms with Gasteiger partial charge < -0.3 is 9.30 Å². The number of ether oxygens (including phenoxy) is 1. The molecule has 25 heavy (non-hydrogen) atoms. The Labute approximate surface area is 148 Å². The van der Waals surface area contributed by atoms with Crippen LogP contribution < -0.4 is 4.74 Å². The monoisotopic (exact) mass is 327 g/mol. The molecule has 0 saturated carbocycles. The van der Waals surface area contributed by atoms with Crippen LogP contribution in [0.1, 0.15) is 5.56 Å². The second-order valence-corrected chi connectivity index (χ2v) is 6.33. The average molecular weight is 327 g/mol. The number of methoxy groups -OCH3 is 1. The van der Waals surface area contributed by atoms with Crippen LogP contribution in [-0.2, 0) is 7.05 Å². The Morgan fingerprint density at radius 3 is 2.16 bits per heavy atom. The first kappa shape index (κ1) is 15.5. The van der Waals surface area contributed by atoms with Crippen molar-refractivity contribution in [3.63, 3.8) is 0 Å². The first-order chi connectivity index (χ1) is 12.2. The number of aromatic nitrogens is 1. The van der Waals surface area contributed by atoms with Gasteiger partial charge in [-0.15, -0.1) is 0 Å². The molecule has 0 saturated heterocycles. The molecule has 0 fully saturated rings. The molecule has 4 aromatic rings. The Balaban J connectivity index is 1.98. The third-order valence-electron chi connectivity index (χ3n) is 4.92. The van der Waals surface area contributed by atoms with Gasteiger partial charge in [0.2, 0.25) is 0 Å². The molecule has 0 spiro atoms. The highest BCUT2D eigenvalue weighted by atomic mass is 16.5. The number of hydrogen-bond acceptors (Lipinski definition) is 1. The lowest BCUT2D eigenvalue weighted by molar-refractivity contribution is 0.415. The lowest BCUT2D eigenvalue weighted by atomic mass is 9.98. The Morgan fingerprint density at radius 1 is 0.760 bits per heavy atom. The van der Waals surface area contributed by atoms with E-state index in [-0.39, 0.29) is 0 Å². The summed E-state index contributed by atoms with van der Waals surface area (Å²) < 4.78 is 7.59. The number of nitrogens with zero attached hydrogens (tertiary/aromatic N) is 1. The summed E-state index contributed by atoms with van der Waals surface area (Å²) in [5.41, 5.74) is 7.56. The molecular formula is C23H21NO. The van der Waals surface area contributed by atoms with E-state index in [9.17, 15) is 0 Å². The zero-order chi connectivity index (χ0) is 17.4. The minimum atomic E-state index is 0.880. The minimum Gasteiger partial charge on any atom is -0.497 e. The van der Waals surface area contributed by atoms with Crippen molar-refractivity contribution in [2.45, 2.75) is 6.92 Å². The van der Waals surface area contributed by atoms with Crippen LogP contribution in [0.3, 0.4) is 0 Å². The first-order valence-corrected chi connectivity index (χ1v) is 8.48. The molecule has 4 rings (SSSR count). The molecule has 0 aliphatic heterocycles. The minimum absolute atomic E-state index is 0.880. The SMILES string of the molecule is COc1ccc(-c2cccc3c2c(C)c(-c2ccccc2)n3C)cc1. The van der Waals surface area contributed by atoms with Crippen molar-refractivity contribution in [1.29, 1.82) is 0 Å². The Kier molecular flexibility index (Phi) is 3.81. The van der Waals surface area contributed by atoms with E-state index in [4.69, 9.17) is 4.74 Å². The summed E-state index contributed by atoms with van der Waals surface area (Å²) >= 11 is 0. The Bertz CT molecular complexity index is 1030. The standard InChI is InChI=1S/C23H21NO/c1-16-22-20(17-12-14-19(25-3)15-13-17)10-7-11-21(22)24(2)23(16)18-8-5-4-6-9-18/h4-15H,1-3H3. The van der Waals surface area contributed by atoms with Crippen molar-refractivity contribution in [2.24, 2.45) is 7.05 Å². The van der Waals surface area contributed by atoms with Gasteiger partial charge in [-0.25, -0.2) is 0 Å². The van der Waals surface area contributed by atoms with Crippen LogP contribution in [0.5, 0.6) is 5.75 Å². The van der Waals surface area contributed by atoms with E-state index in [2.05, 4.69) is 79.2 Å². The molecule has 1 heterocycles. The van der Waals surface area contributed by atoms with Crippen molar-refractivity contribution in [3.8, 4) is 28.1 Å². The fourth-order valence-corrected chi connectivity index (χ4v) is 3.72. The van der Waals surface area contributed by atoms with Crippen LogP contribution in [0.25, 0.3) is 33.3 Å². The zero-order valence-electron chi connectivity index (χ0n) is 14.8. The lowest BCUT2D eigenvalue weighted by Gasteiger charge is -2.07. The fraction of sp³-hybridized carbons (Fsp3) is 0.130. The molecule has 0 aliphatic rings. The van der Waals surface area contributed by atoms with E-state index in [1.807, 2.05) is 12.1 Å². The van der Waals surface area contributed by atoms with E-state index in [1.165, 1.54) is 38.9 Å². The van der Waals surface area contributed by atoms with Crippen LogP contribution in [0.15, 0.2) is 72.8 Å². The highest BCUT2D eigenvalue weighted by Crippen LogP contribution is 2.38. The summed E-state index contributed by atoms with van der Waals surface area (Å²) in [5.74, 6) is 0.880. The summed E-state index contributed by atoms with van der Waals surface area (Å²) in [6.45, 7) is 2.22. The van der Waals surface area contributed by atoms with Crippen molar-refractivity contribution in [1.82, 2.24) is 4.57 Å². The molecule has 2 nitrogen and oxygen atoms in total. The van der Waals surface area contributed by atoms with Gasteiger partial charge in [-0.1, -0.05) is 54.6 Å². The molecule has 2 heteroatoms. The van der Waals surface area contributed by atoms with Crippen LogP contribution in [0.4, 0.5) is 0 Å². The van der Waals surface area contributed by atoms with Gasteiger partial charge in [-0.05, 0) is 47.4 Å². The third kappa shape index (κ3) is 2.51. The molecule has 0 N–H and O–H groups in total. The van der Waals surface area contributed by atoms with Gasteiger partial charge >= 0.3 is 0 Å². The summed E-state index contributed by atoms with van der Waals surface area (Å²) in [6.07, 6.45) is 0. The average Bonchev–Trinajstić information content (AvgIpc) is 2.93. The van der Waals surface area contributed by atoms with Gasteiger partial charge in [-0.3, -0.25) is 0 Å². The first-order valence-electron chi connectivity index (χ1n) is 8.48. The van der Waals surface area contributed by atoms with Crippen LogP contribution in [-0.4, -0.2) is 11.7 Å². The van der Waals surface area contributed by atoms with Gasteiger partial charge in [0, 0.05) is 18.0 Å². The molecule has 0 atom stereocenters. The second-order valence-electron chi connectivity index (χ2n) is 6.33. The van der Waals surface area contributed by atoms with Crippen LogP contribution in [0.2, 0.25) is 0 Å². The molecule has 3 aromatic carbocycles. The normalized spacial score (nSPS) is 11.0. The molecule has 0 radical (unpaired) electrons. The maximum atomic E-state index is 5.29. The Hall–Kier alpha value is -3.00. The van der Waals surface area contributed by atoms with Crippen LogP contribution >= 0.6 is 0 Å². The molecule has 0 amide bonds. The molecule has 0 bridgehead atoms.